The van der Waals surface area contributed by atoms with Crippen LogP contribution in [-0.4, -0.2) is 21.5 Å². The molecule has 19 heavy (non-hydrogen) atoms. The zero-order chi connectivity index (χ0) is 13.8. The van der Waals surface area contributed by atoms with Crippen molar-refractivity contribution in [3.8, 4) is 11.6 Å². The highest BCUT2D eigenvalue weighted by atomic mass is 16.6. The lowest BCUT2D eigenvalue weighted by atomic mass is 10.2. The van der Waals surface area contributed by atoms with E-state index in [-0.39, 0.29) is 11.7 Å². The predicted molar refractivity (Wildman–Crippen MR) is 69.1 cm³/mol. The van der Waals surface area contributed by atoms with Gasteiger partial charge in [-0.1, -0.05) is 12.1 Å². The molecule has 7 nitrogen and oxygen atoms in total. The van der Waals surface area contributed by atoms with Gasteiger partial charge in [-0.15, -0.1) is 0 Å². The number of hydrogen-bond acceptors (Lipinski definition) is 5. The number of aromatic nitrogens is 2. The minimum absolute atomic E-state index is 0.117. The molecule has 100 valence electrons. The topological polar surface area (TPSA) is 82.2 Å². The van der Waals surface area contributed by atoms with Gasteiger partial charge in [0, 0.05) is 13.6 Å². The van der Waals surface area contributed by atoms with Crippen LogP contribution in [-0.2, 0) is 13.6 Å². The quantitative estimate of drug-likeness (QED) is 0.656. The van der Waals surface area contributed by atoms with E-state index in [4.69, 9.17) is 4.74 Å². The molecule has 0 unspecified atom stereocenters. The highest BCUT2D eigenvalue weighted by Gasteiger charge is 2.22. The van der Waals surface area contributed by atoms with Crippen LogP contribution in [0.25, 0.3) is 0 Å². The number of nitrogens with zero attached hydrogens (tertiary/aromatic N) is 3. The Kier molecular flexibility index (Phi) is 3.76. The first-order valence-electron chi connectivity index (χ1n) is 5.69. The van der Waals surface area contributed by atoms with Gasteiger partial charge >= 0.3 is 11.7 Å². The van der Waals surface area contributed by atoms with Crippen LogP contribution in [0.1, 0.15) is 5.56 Å². The summed E-state index contributed by atoms with van der Waals surface area (Å²) in [5.41, 5.74) is 1.11. The SMILES string of the molecule is CNCc1ccc(Oc2c([N+](=O)[O-])ncn2C)cc1. The predicted octanol–water partition coefficient (Wildman–Crippen LogP) is 1.84. The summed E-state index contributed by atoms with van der Waals surface area (Å²) in [7, 11) is 3.51. The molecule has 1 aromatic carbocycles. The number of ether oxygens (including phenoxy) is 1. The first-order chi connectivity index (χ1) is 9.11. The Morgan fingerprint density at radius 2 is 2.11 bits per heavy atom. The molecule has 0 atom stereocenters. The van der Waals surface area contributed by atoms with Crippen molar-refractivity contribution in [1.29, 1.82) is 0 Å². The molecule has 0 spiro atoms. The fraction of sp³-hybridized carbons (Fsp3) is 0.250. The molecule has 0 aliphatic heterocycles. The monoisotopic (exact) mass is 262 g/mol. The second-order valence-electron chi connectivity index (χ2n) is 4.02. The van der Waals surface area contributed by atoms with E-state index in [1.807, 2.05) is 19.2 Å². The minimum Gasteiger partial charge on any atom is -0.434 e. The molecule has 0 fully saturated rings. The molecule has 0 amide bonds. The maximum Gasteiger partial charge on any atom is 0.427 e. The Hall–Kier alpha value is -2.41. The Morgan fingerprint density at radius 3 is 2.68 bits per heavy atom. The average molecular weight is 262 g/mol. The van der Waals surface area contributed by atoms with Crippen molar-refractivity contribution < 1.29 is 9.66 Å². The van der Waals surface area contributed by atoms with Gasteiger partial charge in [-0.05, 0) is 34.7 Å². The number of hydrogen-bond donors (Lipinski definition) is 1. The molecule has 0 radical (unpaired) electrons. The lowest BCUT2D eigenvalue weighted by Gasteiger charge is -2.06. The molecule has 0 bridgehead atoms. The molecule has 0 aliphatic rings. The molecule has 1 aromatic heterocycles. The second kappa shape index (κ2) is 5.49. The third-order valence-electron chi connectivity index (χ3n) is 2.56. The van der Waals surface area contributed by atoms with Crippen molar-refractivity contribution in [1.82, 2.24) is 14.9 Å². The molecule has 0 saturated heterocycles. The van der Waals surface area contributed by atoms with Gasteiger partial charge in [0.15, 0.2) is 0 Å². The third-order valence-corrected chi connectivity index (χ3v) is 2.56. The molecular formula is C12H14N4O3. The molecule has 0 saturated carbocycles. The maximum atomic E-state index is 10.8. The van der Waals surface area contributed by atoms with Crippen LogP contribution < -0.4 is 10.1 Å². The lowest BCUT2D eigenvalue weighted by molar-refractivity contribution is -0.390. The Labute approximate surface area is 110 Å². The van der Waals surface area contributed by atoms with Gasteiger partial charge in [0.2, 0.25) is 6.33 Å². The van der Waals surface area contributed by atoms with Crippen LogP contribution >= 0.6 is 0 Å². The summed E-state index contributed by atoms with van der Waals surface area (Å²) in [5, 5.41) is 13.8. The van der Waals surface area contributed by atoms with Crippen LogP contribution in [0.5, 0.6) is 11.6 Å². The highest BCUT2D eigenvalue weighted by Crippen LogP contribution is 2.29. The molecule has 7 heteroatoms. The van der Waals surface area contributed by atoms with E-state index in [0.717, 1.165) is 12.1 Å². The third kappa shape index (κ3) is 2.89. The van der Waals surface area contributed by atoms with Crippen molar-refractivity contribution in [2.45, 2.75) is 6.54 Å². The molecule has 1 N–H and O–H groups in total. The molecule has 1 heterocycles. The van der Waals surface area contributed by atoms with Crippen molar-refractivity contribution in [3.05, 3.63) is 46.3 Å². The van der Waals surface area contributed by atoms with Gasteiger partial charge in [-0.25, -0.2) is 0 Å². The van der Waals surface area contributed by atoms with Gasteiger partial charge in [0.25, 0.3) is 0 Å². The smallest absolute Gasteiger partial charge is 0.427 e. The fourth-order valence-corrected chi connectivity index (χ4v) is 1.64. The number of benzene rings is 1. The van der Waals surface area contributed by atoms with Crippen LogP contribution in [0.4, 0.5) is 5.82 Å². The van der Waals surface area contributed by atoms with E-state index in [1.54, 1.807) is 19.2 Å². The second-order valence-corrected chi connectivity index (χ2v) is 4.02. The van der Waals surface area contributed by atoms with Gasteiger partial charge in [-0.3, -0.25) is 4.57 Å². The summed E-state index contributed by atoms with van der Waals surface area (Å²) in [6.45, 7) is 0.756. The van der Waals surface area contributed by atoms with Gasteiger partial charge in [0.05, 0.1) is 0 Å². The zero-order valence-corrected chi connectivity index (χ0v) is 10.7. The number of imidazole rings is 1. The van der Waals surface area contributed by atoms with Crippen LogP contribution in [0, 0.1) is 10.1 Å². The minimum atomic E-state index is -0.565. The van der Waals surface area contributed by atoms with Crippen LogP contribution in [0.15, 0.2) is 30.6 Å². The first-order valence-corrected chi connectivity index (χ1v) is 5.69. The maximum absolute atomic E-state index is 10.8. The van der Waals surface area contributed by atoms with E-state index >= 15 is 0 Å². The van der Waals surface area contributed by atoms with Crippen LogP contribution in [0.3, 0.4) is 0 Å². The molecular weight excluding hydrogens is 248 g/mol. The lowest BCUT2D eigenvalue weighted by Crippen LogP contribution is -2.04. The van der Waals surface area contributed by atoms with Gasteiger partial charge < -0.3 is 20.2 Å². The molecule has 2 rings (SSSR count). The van der Waals surface area contributed by atoms with Gasteiger partial charge in [-0.2, -0.15) is 0 Å². The summed E-state index contributed by atoms with van der Waals surface area (Å²) in [6.07, 6.45) is 1.35. The Balaban J connectivity index is 2.21. The molecule has 0 aliphatic carbocycles. The average Bonchev–Trinajstić information content (AvgIpc) is 2.74. The van der Waals surface area contributed by atoms with Crippen molar-refractivity contribution in [2.24, 2.45) is 7.05 Å². The number of nitrogens with one attached hydrogen (secondary N) is 1. The van der Waals surface area contributed by atoms with E-state index in [2.05, 4.69) is 10.3 Å². The van der Waals surface area contributed by atoms with Crippen molar-refractivity contribution in [3.63, 3.8) is 0 Å². The van der Waals surface area contributed by atoms with E-state index in [1.165, 1.54) is 10.9 Å². The summed E-state index contributed by atoms with van der Waals surface area (Å²) in [5.74, 6) is 0.361. The Morgan fingerprint density at radius 1 is 1.42 bits per heavy atom. The van der Waals surface area contributed by atoms with E-state index in [0.29, 0.717) is 5.75 Å². The molecule has 2 aromatic rings. The number of nitro groups is 1. The largest absolute Gasteiger partial charge is 0.434 e. The zero-order valence-electron chi connectivity index (χ0n) is 10.7. The fourth-order valence-electron chi connectivity index (χ4n) is 1.64. The van der Waals surface area contributed by atoms with Crippen molar-refractivity contribution in [2.75, 3.05) is 7.05 Å². The highest BCUT2D eigenvalue weighted by molar-refractivity contribution is 5.38. The van der Waals surface area contributed by atoms with E-state index in [9.17, 15) is 10.1 Å². The first kappa shape index (κ1) is 13.0. The number of rotatable bonds is 5. The summed E-state index contributed by atoms with van der Waals surface area (Å²) >= 11 is 0. The number of aryl methyl sites for hydroxylation is 1. The summed E-state index contributed by atoms with van der Waals surface area (Å²) in [4.78, 5) is 13.9. The normalized spacial score (nSPS) is 10.4. The standard InChI is InChI=1S/C12H14N4O3/c1-13-7-9-3-5-10(6-4-9)19-12-11(16(17)18)14-8-15(12)2/h3-6,8,13H,7H2,1-2H3. The summed E-state index contributed by atoms with van der Waals surface area (Å²) < 4.78 is 6.98. The Bertz CT molecular complexity index is 577. The van der Waals surface area contributed by atoms with Gasteiger partial charge in [0.1, 0.15) is 5.75 Å². The van der Waals surface area contributed by atoms with Crippen molar-refractivity contribution >= 4 is 5.82 Å². The summed E-state index contributed by atoms with van der Waals surface area (Å²) in [6, 6.07) is 7.33. The van der Waals surface area contributed by atoms with Crippen LogP contribution in [0.2, 0.25) is 0 Å². The van der Waals surface area contributed by atoms with E-state index < -0.39 is 4.92 Å².